The Morgan fingerprint density at radius 2 is 1.77 bits per heavy atom. The molecule has 0 saturated heterocycles. The maximum atomic E-state index is 13.3. The molecule has 5 aromatic rings. The Kier molecular flexibility index (Phi) is 8.00. The van der Waals surface area contributed by atoms with Crippen molar-refractivity contribution in [3.8, 4) is 11.4 Å². The SMILES string of the molecule is CCCc1nc2ccc(Br)cc2c(=O)n1N=Cc1cc(C)n(-c2ccc(OCc3ccc(Cl)cc3)cc2)c1C. The quantitative estimate of drug-likeness (QED) is 0.171. The number of ether oxygens (including phenoxy) is 1. The Balaban J connectivity index is 1.41. The minimum Gasteiger partial charge on any atom is -0.489 e. The van der Waals surface area contributed by atoms with Gasteiger partial charge in [0.1, 0.15) is 18.2 Å². The minimum atomic E-state index is -0.177. The second-order valence-electron chi connectivity index (χ2n) is 9.37. The fourth-order valence-electron chi connectivity index (χ4n) is 4.57. The molecule has 5 rings (SSSR count). The zero-order chi connectivity index (χ0) is 27.5. The van der Waals surface area contributed by atoms with Gasteiger partial charge >= 0.3 is 0 Å². The van der Waals surface area contributed by atoms with Crippen LogP contribution in [0.1, 0.15) is 41.7 Å². The van der Waals surface area contributed by atoms with Crippen LogP contribution in [-0.4, -0.2) is 20.4 Å². The molecule has 0 aliphatic heterocycles. The maximum Gasteiger partial charge on any atom is 0.282 e. The van der Waals surface area contributed by atoms with Gasteiger partial charge in [-0.3, -0.25) is 4.79 Å². The molecule has 6 nitrogen and oxygen atoms in total. The van der Waals surface area contributed by atoms with Gasteiger partial charge in [-0.05, 0) is 86.5 Å². The molecule has 0 radical (unpaired) electrons. The number of halogens is 2. The van der Waals surface area contributed by atoms with E-state index in [2.05, 4.69) is 45.5 Å². The molecule has 0 fully saturated rings. The third kappa shape index (κ3) is 5.84. The molecule has 0 amide bonds. The van der Waals surface area contributed by atoms with Crippen LogP contribution in [0.5, 0.6) is 5.75 Å². The number of rotatable bonds is 8. The standard InChI is InChI=1S/C31H28BrClN4O2/c1-4-5-30-35-29-15-8-24(32)17-28(29)31(38)37(30)34-18-23-16-20(2)36(21(23)3)26-11-13-27(14-12-26)39-19-22-6-9-25(33)10-7-22/h6-18H,4-5,19H2,1-3H3. The van der Waals surface area contributed by atoms with E-state index in [0.29, 0.717) is 34.8 Å². The highest BCUT2D eigenvalue weighted by atomic mass is 79.9. The predicted octanol–water partition coefficient (Wildman–Crippen LogP) is 7.63. The van der Waals surface area contributed by atoms with Crippen LogP contribution in [0.25, 0.3) is 16.6 Å². The molecule has 0 spiro atoms. The summed E-state index contributed by atoms with van der Waals surface area (Å²) in [5.41, 5.74) is 5.59. The van der Waals surface area contributed by atoms with Crippen molar-refractivity contribution in [2.75, 3.05) is 0 Å². The van der Waals surface area contributed by atoms with Crippen molar-refractivity contribution >= 4 is 44.6 Å². The van der Waals surface area contributed by atoms with Crippen LogP contribution in [0.4, 0.5) is 0 Å². The monoisotopic (exact) mass is 602 g/mol. The molecule has 0 unspecified atom stereocenters. The van der Waals surface area contributed by atoms with Gasteiger partial charge in [0, 0.05) is 38.6 Å². The Bertz CT molecular complexity index is 1720. The normalized spacial score (nSPS) is 11.5. The largest absolute Gasteiger partial charge is 0.489 e. The predicted molar refractivity (Wildman–Crippen MR) is 162 cm³/mol. The minimum absolute atomic E-state index is 0.177. The summed E-state index contributed by atoms with van der Waals surface area (Å²) < 4.78 is 10.4. The molecule has 39 heavy (non-hydrogen) atoms. The van der Waals surface area contributed by atoms with E-state index in [1.165, 1.54) is 4.68 Å². The van der Waals surface area contributed by atoms with Gasteiger partial charge in [-0.2, -0.15) is 9.78 Å². The average molecular weight is 604 g/mol. The zero-order valence-corrected chi connectivity index (χ0v) is 24.3. The summed E-state index contributed by atoms with van der Waals surface area (Å²) >= 11 is 9.42. The molecule has 0 saturated carbocycles. The fourth-order valence-corrected chi connectivity index (χ4v) is 5.06. The summed E-state index contributed by atoms with van der Waals surface area (Å²) in [6.45, 7) is 6.64. The lowest BCUT2D eigenvalue weighted by atomic mass is 10.2. The van der Waals surface area contributed by atoms with E-state index in [0.717, 1.165) is 44.8 Å². The van der Waals surface area contributed by atoms with Gasteiger partial charge in [0.15, 0.2) is 0 Å². The number of aryl methyl sites for hydroxylation is 2. The van der Waals surface area contributed by atoms with E-state index in [4.69, 9.17) is 21.3 Å². The van der Waals surface area contributed by atoms with Crippen molar-refractivity contribution in [3.05, 3.63) is 121 Å². The number of aromatic nitrogens is 3. The molecule has 3 aromatic carbocycles. The topological polar surface area (TPSA) is 61.4 Å². The van der Waals surface area contributed by atoms with Gasteiger partial charge in [0.25, 0.3) is 5.56 Å². The zero-order valence-electron chi connectivity index (χ0n) is 22.0. The highest BCUT2D eigenvalue weighted by molar-refractivity contribution is 9.10. The molecule has 8 heteroatoms. The summed E-state index contributed by atoms with van der Waals surface area (Å²) in [7, 11) is 0. The first-order valence-electron chi connectivity index (χ1n) is 12.8. The molecular weight excluding hydrogens is 576 g/mol. The second kappa shape index (κ2) is 11.6. The lowest BCUT2D eigenvalue weighted by Crippen LogP contribution is -2.22. The van der Waals surface area contributed by atoms with E-state index in [-0.39, 0.29) is 5.56 Å². The highest BCUT2D eigenvalue weighted by Gasteiger charge is 2.13. The van der Waals surface area contributed by atoms with Crippen LogP contribution in [0.2, 0.25) is 5.02 Å². The van der Waals surface area contributed by atoms with E-state index in [1.807, 2.05) is 67.6 Å². The number of hydrogen-bond acceptors (Lipinski definition) is 4. The molecule has 0 bridgehead atoms. The van der Waals surface area contributed by atoms with Crippen molar-refractivity contribution in [3.63, 3.8) is 0 Å². The first-order chi connectivity index (χ1) is 18.8. The summed E-state index contributed by atoms with van der Waals surface area (Å²) in [6, 6.07) is 23.2. The second-order valence-corrected chi connectivity index (χ2v) is 10.7. The molecule has 0 aliphatic rings. The van der Waals surface area contributed by atoms with Crippen LogP contribution in [0.15, 0.2) is 87.2 Å². The van der Waals surface area contributed by atoms with Crippen molar-refractivity contribution in [2.45, 2.75) is 40.2 Å². The average Bonchev–Trinajstić information content (AvgIpc) is 3.21. The first kappa shape index (κ1) is 26.9. The number of hydrogen-bond donors (Lipinski definition) is 0. The molecule has 198 valence electrons. The summed E-state index contributed by atoms with van der Waals surface area (Å²) in [5, 5.41) is 5.86. The Hall–Kier alpha value is -3.68. The lowest BCUT2D eigenvalue weighted by Gasteiger charge is -2.12. The van der Waals surface area contributed by atoms with Crippen LogP contribution in [-0.2, 0) is 13.0 Å². The highest BCUT2D eigenvalue weighted by Crippen LogP contribution is 2.23. The Labute approximate surface area is 240 Å². The van der Waals surface area contributed by atoms with Gasteiger partial charge in [-0.1, -0.05) is 46.6 Å². The van der Waals surface area contributed by atoms with Gasteiger partial charge in [-0.15, -0.1) is 0 Å². The third-order valence-corrected chi connectivity index (χ3v) is 7.29. The number of benzene rings is 3. The van der Waals surface area contributed by atoms with Crippen molar-refractivity contribution in [2.24, 2.45) is 5.10 Å². The van der Waals surface area contributed by atoms with Crippen LogP contribution < -0.4 is 10.3 Å². The Morgan fingerprint density at radius 3 is 2.49 bits per heavy atom. The molecule has 0 atom stereocenters. The smallest absolute Gasteiger partial charge is 0.282 e. The lowest BCUT2D eigenvalue weighted by molar-refractivity contribution is 0.306. The third-order valence-electron chi connectivity index (χ3n) is 6.55. The van der Waals surface area contributed by atoms with Gasteiger partial charge in [0.05, 0.1) is 17.1 Å². The van der Waals surface area contributed by atoms with E-state index >= 15 is 0 Å². The Morgan fingerprint density at radius 1 is 1.03 bits per heavy atom. The van der Waals surface area contributed by atoms with Crippen LogP contribution in [0, 0.1) is 13.8 Å². The van der Waals surface area contributed by atoms with Crippen molar-refractivity contribution in [1.82, 2.24) is 14.2 Å². The van der Waals surface area contributed by atoms with Crippen LogP contribution >= 0.6 is 27.5 Å². The molecular formula is C31H28BrClN4O2. The van der Waals surface area contributed by atoms with Gasteiger partial charge < -0.3 is 9.30 Å². The molecule has 0 aliphatic carbocycles. The van der Waals surface area contributed by atoms with Crippen molar-refractivity contribution < 1.29 is 4.74 Å². The summed E-state index contributed by atoms with van der Waals surface area (Å²) in [6.07, 6.45) is 3.26. The van der Waals surface area contributed by atoms with E-state index in [1.54, 1.807) is 12.3 Å². The molecule has 2 heterocycles. The maximum absolute atomic E-state index is 13.3. The fraction of sp³-hybridized carbons (Fsp3) is 0.194. The summed E-state index contributed by atoms with van der Waals surface area (Å²) in [4.78, 5) is 18.1. The number of fused-ring (bicyclic) bond motifs is 1. The number of nitrogens with zero attached hydrogens (tertiary/aromatic N) is 4. The van der Waals surface area contributed by atoms with Gasteiger partial charge in [0.2, 0.25) is 0 Å². The molecule has 2 aromatic heterocycles. The van der Waals surface area contributed by atoms with Crippen molar-refractivity contribution in [1.29, 1.82) is 0 Å². The molecule has 0 N–H and O–H groups in total. The van der Waals surface area contributed by atoms with E-state index < -0.39 is 0 Å². The first-order valence-corrected chi connectivity index (χ1v) is 13.9. The van der Waals surface area contributed by atoms with E-state index in [9.17, 15) is 4.79 Å². The van der Waals surface area contributed by atoms with Gasteiger partial charge in [-0.25, -0.2) is 4.98 Å². The summed E-state index contributed by atoms with van der Waals surface area (Å²) in [5.74, 6) is 1.44. The van der Waals surface area contributed by atoms with Crippen LogP contribution in [0.3, 0.4) is 0 Å².